The fourth-order valence-corrected chi connectivity index (χ4v) is 2.42. The second-order valence-corrected chi connectivity index (χ2v) is 5.84. The number of nitrogens with one attached hydrogen (secondary N) is 1. The van der Waals surface area contributed by atoms with Crippen molar-refractivity contribution in [2.24, 2.45) is 7.05 Å². The zero-order valence-corrected chi connectivity index (χ0v) is 12.4. The quantitative estimate of drug-likeness (QED) is 0.882. The van der Waals surface area contributed by atoms with E-state index in [0.29, 0.717) is 11.3 Å². The lowest BCUT2D eigenvalue weighted by atomic mass is 10.2. The maximum absolute atomic E-state index is 13.4. The number of hydrogen-bond acceptors (Lipinski definition) is 3. The molecule has 0 saturated carbocycles. The second kappa shape index (κ2) is 6.09. The van der Waals surface area contributed by atoms with Gasteiger partial charge in [-0.3, -0.25) is 4.79 Å². The molecule has 1 heterocycles. The van der Waals surface area contributed by atoms with E-state index in [1.165, 1.54) is 17.8 Å². The molecular formula is C14H16FN3OS. The number of hydrogen-bond donors (Lipinski definition) is 1. The summed E-state index contributed by atoms with van der Waals surface area (Å²) < 4.78 is 15.3. The molecule has 4 nitrogen and oxygen atoms in total. The van der Waals surface area contributed by atoms with Crippen molar-refractivity contribution >= 4 is 23.4 Å². The van der Waals surface area contributed by atoms with E-state index in [2.05, 4.69) is 10.3 Å². The van der Waals surface area contributed by atoms with Crippen LogP contribution in [0, 0.1) is 12.7 Å². The van der Waals surface area contributed by atoms with Crippen LogP contribution in [0.5, 0.6) is 0 Å². The van der Waals surface area contributed by atoms with Crippen LogP contribution in [0.4, 0.5) is 10.1 Å². The standard InChI is InChI=1S/C14H16FN3OS/c1-9-4-5-11(8-12(9)15)17-13(19)10(2)20-14-16-6-7-18(14)3/h4-8,10H,1-3H3,(H,17,19). The van der Waals surface area contributed by atoms with Crippen LogP contribution in [0.1, 0.15) is 12.5 Å². The fraction of sp³-hybridized carbons (Fsp3) is 0.286. The third-order valence-electron chi connectivity index (χ3n) is 2.87. The van der Waals surface area contributed by atoms with Crippen molar-refractivity contribution in [3.8, 4) is 0 Å². The Hall–Kier alpha value is -1.82. The van der Waals surface area contributed by atoms with E-state index in [4.69, 9.17) is 0 Å². The molecule has 20 heavy (non-hydrogen) atoms. The molecule has 6 heteroatoms. The summed E-state index contributed by atoms with van der Waals surface area (Å²) in [6, 6.07) is 4.65. The smallest absolute Gasteiger partial charge is 0.237 e. The van der Waals surface area contributed by atoms with Crippen LogP contribution in [0.3, 0.4) is 0 Å². The van der Waals surface area contributed by atoms with Crippen molar-refractivity contribution in [1.82, 2.24) is 9.55 Å². The van der Waals surface area contributed by atoms with E-state index in [0.717, 1.165) is 5.16 Å². The lowest BCUT2D eigenvalue weighted by Gasteiger charge is -2.12. The van der Waals surface area contributed by atoms with Gasteiger partial charge >= 0.3 is 0 Å². The molecule has 0 bridgehead atoms. The maximum atomic E-state index is 13.4. The normalized spacial score (nSPS) is 12.2. The molecular weight excluding hydrogens is 277 g/mol. The Bertz CT molecular complexity index is 627. The molecule has 2 rings (SSSR count). The van der Waals surface area contributed by atoms with E-state index < -0.39 is 0 Å². The lowest BCUT2D eigenvalue weighted by Crippen LogP contribution is -2.22. The lowest BCUT2D eigenvalue weighted by molar-refractivity contribution is -0.115. The van der Waals surface area contributed by atoms with Crippen LogP contribution in [-0.2, 0) is 11.8 Å². The summed E-state index contributed by atoms with van der Waals surface area (Å²) in [5, 5.41) is 3.15. The zero-order valence-electron chi connectivity index (χ0n) is 11.6. The number of amides is 1. The predicted molar refractivity (Wildman–Crippen MR) is 78.3 cm³/mol. The highest BCUT2D eigenvalue weighted by Crippen LogP contribution is 2.22. The van der Waals surface area contributed by atoms with Crippen molar-refractivity contribution in [2.75, 3.05) is 5.32 Å². The average Bonchev–Trinajstić information content (AvgIpc) is 2.79. The first-order valence-electron chi connectivity index (χ1n) is 6.18. The molecule has 1 aromatic heterocycles. The SMILES string of the molecule is Cc1ccc(NC(=O)C(C)Sc2nccn2C)cc1F. The van der Waals surface area contributed by atoms with Gasteiger partial charge in [-0.2, -0.15) is 0 Å². The fourth-order valence-electron chi connectivity index (χ4n) is 1.59. The molecule has 0 spiro atoms. The summed E-state index contributed by atoms with van der Waals surface area (Å²) in [6.07, 6.45) is 3.50. The maximum Gasteiger partial charge on any atom is 0.237 e. The highest BCUT2D eigenvalue weighted by Gasteiger charge is 2.17. The second-order valence-electron chi connectivity index (χ2n) is 4.53. The van der Waals surface area contributed by atoms with E-state index in [1.807, 2.05) is 17.8 Å². The van der Waals surface area contributed by atoms with Crippen molar-refractivity contribution in [3.05, 3.63) is 42.0 Å². The largest absolute Gasteiger partial charge is 0.329 e. The Labute approximate surface area is 121 Å². The molecule has 0 aliphatic rings. The molecule has 1 N–H and O–H groups in total. The van der Waals surface area contributed by atoms with Crippen molar-refractivity contribution in [1.29, 1.82) is 0 Å². The zero-order chi connectivity index (χ0) is 14.7. The number of imidazole rings is 1. The van der Waals surface area contributed by atoms with Gasteiger partial charge in [-0.15, -0.1) is 0 Å². The topological polar surface area (TPSA) is 46.9 Å². The Morgan fingerprint density at radius 1 is 1.50 bits per heavy atom. The van der Waals surface area contributed by atoms with Crippen molar-refractivity contribution in [3.63, 3.8) is 0 Å². The average molecular weight is 293 g/mol. The molecule has 0 saturated heterocycles. The van der Waals surface area contributed by atoms with E-state index in [9.17, 15) is 9.18 Å². The minimum Gasteiger partial charge on any atom is -0.329 e. The number of carbonyl (C=O) groups excluding carboxylic acids is 1. The van der Waals surface area contributed by atoms with Crippen LogP contribution in [-0.4, -0.2) is 20.7 Å². The monoisotopic (exact) mass is 293 g/mol. The van der Waals surface area contributed by atoms with Gasteiger partial charge in [0.1, 0.15) is 5.82 Å². The van der Waals surface area contributed by atoms with Crippen molar-refractivity contribution in [2.45, 2.75) is 24.3 Å². The number of carbonyl (C=O) groups is 1. The van der Waals surface area contributed by atoms with Gasteiger partial charge in [-0.25, -0.2) is 9.37 Å². The Kier molecular flexibility index (Phi) is 4.44. The molecule has 0 fully saturated rings. The number of benzene rings is 1. The highest BCUT2D eigenvalue weighted by atomic mass is 32.2. The van der Waals surface area contributed by atoms with Gasteiger partial charge in [0, 0.05) is 25.1 Å². The summed E-state index contributed by atoms with van der Waals surface area (Å²) in [4.78, 5) is 16.2. The molecule has 0 aliphatic carbocycles. The number of nitrogens with zero attached hydrogens (tertiary/aromatic N) is 2. The van der Waals surface area contributed by atoms with Crippen LogP contribution in [0.15, 0.2) is 35.7 Å². The van der Waals surface area contributed by atoms with Crippen molar-refractivity contribution < 1.29 is 9.18 Å². The van der Waals surface area contributed by atoms with Gasteiger partial charge in [-0.1, -0.05) is 17.8 Å². The van der Waals surface area contributed by atoms with Gasteiger partial charge in [0.15, 0.2) is 5.16 Å². The summed E-state index contributed by atoms with van der Waals surface area (Å²) in [7, 11) is 1.87. The van der Waals surface area contributed by atoms with E-state index >= 15 is 0 Å². The first-order chi connectivity index (χ1) is 9.47. The first-order valence-corrected chi connectivity index (χ1v) is 7.06. The third-order valence-corrected chi connectivity index (χ3v) is 4.04. The number of rotatable bonds is 4. The molecule has 2 aromatic rings. The third kappa shape index (κ3) is 3.39. The summed E-state index contributed by atoms with van der Waals surface area (Å²) in [6.45, 7) is 3.47. The Morgan fingerprint density at radius 2 is 2.25 bits per heavy atom. The first kappa shape index (κ1) is 14.6. The van der Waals surface area contributed by atoms with Gasteiger partial charge in [-0.05, 0) is 31.5 Å². The molecule has 106 valence electrons. The van der Waals surface area contributed by atoms with Crippen LogP contribution in [0.25, 0.3) is 0 Å². The number of halogens is 1. The predicted octanol–water partition coefficient (Wildman–Crippen LogP) is 2.99. The molecule has 1 amide bonds. The molecule has 1 atom stereocenters. The summed E-state index contributed by atoms with van der Waals surface area (Å²) >= 11 is 1.36. The summed E-state index contributed by atoms with van der Waals surface area (Å²) in [5.41, 5.74) is 1.02. The van der Waals surface area contributed by atoms with Gasteiger partial charge in [0.25, 0.3) is 0 Å². The van der Waals surface area contributed by atoms with Gasteiger partial charge in [0.05, 0.1) is 5.25 Å². The van der Waals surface area contributed by atoms with Crippen LogP contribution < -0.4 is 5.32 Å². The molecule has 1 unspecified atom stereocenters. The van der Waals surface area contributed by atoms with Gasteiger partial charge < -0.3 is 9.88 Å². The molecule has 1 aromatic carbocycles. The van der Waals surface area contributed by atoms with Crippen LogP contribution >= 0.6 is 11.8 Å². The minimum absolute atomic E-state index is 0.179. The number of aryl methyl sites for hydroxylation is 2. The molecule has 0 aliphatic heterocycles. The Morgan fingerprint density at radius 3 is 2.85 bits per heavy atom. The highest BCUT2D eigenvalue weighted by molar-refractivity contribution is 8.00. The van der Waals surface area contributed by atoms with E-state index in [-0.39, 0.29) is 17.0 Å². The number of thioether (sulfide) groups is 1. The Balaban J connectivity index is 2.00. The van der Waals surface area contributed by atoms with Crippen LogP contribution in [0.2, 0.25) is 0 Å². The number of anilines is 1. The minimum atomic E-state index is -0.327. The van der Waals surface area contributed by atoms with E-state index in [1.54, 1.807) is 32.2 Å². The summed E-state index contributed by atoms with van der Waals surface area (Å²) in [5.74, 6) is -0.506. The number of aromatic nitrogens is 2. The van der Waals surface area contributed by atoms with Gasteiger partial charge in [0.2, 0.25) is 5.91 Å². The molecule has 0 radical (unpaired) electrons.